The quantitative estimate of drug-likeness (QED) is 0.806. The average Bonchev–Trinajstić information content (AvgIpc) is 2.51. The normalized spacial score (nSPS) is 11.3. The van der Waals surface area contributed by atoms with Crippen molar-refractivity contribution in [1.29, 1.82) is 0 Å². The van der Waals surface area contributed by atoms with E-state index in [1.54, 1.807) is 0 Å². The molecular formula is C16H16F2N2O3S. The molecule has 0 spiro atoms. The first kappa shape index (κ1) is 18.0. The van der Waals surface area contributed by atoms with Crippen molar-refractivity contribution in [2.75, 3.05) is 17.1 Å². The Morgan fingerprint density at radius 3 is 2.42 bits per heavy atom. The number of hydrogen-bond acceptors (Lipinski definition) is 4. The molecule has 8 heteroatoms. The molecule has 0 saturated heterocycles. The lowest BCUT2D eigenvalue weighted by molar-refractivity contribution is 0.100. The fourth-order valence-corrected chi connectivity index (χ4v) is 3.02. The van der Waals surface area contributed by atoms with E-state index in [1.165, 1.54) is 30.3 Å². The Kier molecular flexibility index (Phi) is 5.30. The van der Waals surface area contributed by atoms with Crippen LogP contribution in [0.2, 0.25) is 0 Å². The van der Waals surface area contributed by atoms with Gasteiger partial charge < -0.3 is 5.73 Å². The molecule has 24 heavy (non-hydrogen) atoms. The molecule has 128 valence electrons. The summed E-state index contributed by atoms with van der Waals surface area (Å²) in [6.07, 6.45) is 0.947. The molecule has 0 aliphatic carbocycles. The van der Waals surface area contributed by atoms with Crippen molar-refractivity contribution in [2.45, 2.75) is 6.54 Å². The van der Waals surface area contributed by atoms with Gasteiger partial charge in [-0.3, -0.25) is 9.10 Å². The number of Topliss-reactive ketones (excluding diaryl/α,β-unsaturated/α-hetero) is 1. The number of carbonyl (C=O) groups is 1. The summed E-state index contributed by atoms with van der Waals surface area (Å²) < 4.78 is 52.4. The number of halogens is 2. The minimum atomic E-state index is -3.77. The molecule has 0 aromatic heterocycles. The summed E-state index contributed by atoms with van der Waals surface area (Å²) in [5.74, 6) is -1.77. The second kappa shape index (κ2) is 7.06. The topological polar surface area (TPSA) is 80.5 Å². The maximum Gasteiger partial charge on any atom is 0.232 e. The minimum absolute atomic E-state index is 0.0539. The number of sulfonamides is 1. The van der Waals surface area contributed by atoms with Gasteiger partial charge in [0.15, 0.2) is 5.78 Å². The highest BCUT2D eigenvalue weighted by Gasteiger charge is 2.20. The van der Waals surface area contributed by atoms with Crippen LogP contribution in [0.4, 0.5) is 14.5 Å². The zero-order valence-corrected chi connectivity index (χ0v) is 13.7. The van der Waals surface area contributed by atoms with Gasteiger partial charge >= 0.3 is 0 Å². The highest BCUT2D eigenvalue weighted by Crippen LogP contribution is 2.23. The maximum atomic E-state index is 14.2. The number of carbonyl (C=O) groups excluding carboxylic acids is 1. The summed E-state index contributed by atoms with van der Waals surface area (Å²) in [4.78, 5) is 11.5. The molecule has 2 rings (SSSR count). The van der Waals surface area contributed by atoms with Crippen LogP contribution >= 0.6 is 0 Å². The van der Waals surface area contributed by atoms with Crippen LogP contribution in [0.5, 0.6) is 0 Å². The standard InChI is InChI=1S/C16H16F2N2O3S/c1-24(22,23)20(14-4-2-3-13(17)8-14)10-12-6-5-11(7-15(12)18)16(21)9-19/h2-8H,9-10,19H2,1H3. The number of nitrogens with two attached hydrogens (primary N) is 1. The van der Waals surface area contributed by atoms with E-state index in [2.05, 4.69) is 0 Å². The van der Waals surface area contributed by atoms with E-state index in [4.69, 9.17) is 5.73 Å². The first-order valence-corrected chi connectivity index (χ1v) is 8.82. The van der Waals surface area contributed by atoms with E-state index in [-0.39, 0.29) is 29.9 Å². The molecule has 5 nitrogen and oxygen atoms in total. The van der Waals surface area contributed by atoms with Crippen molar-refractivity contribution in [3.8, 4) is 0 Å². The number of anilines is 1. The highest BCUT2D eigenvalue weighted by molar-refractivity contribution is 7.92. The highest BCUT2D eigenvalue weighted by atomic mass is 32.2. The van der Waals surface area contributed by atoms with Gasteiger partial charge in [0.05, 0.1) is 25.0 Å². The summed E-state index contributed by atoms with van der Waals surface area (Å²) in [6, 6.07) is 8.70. The van der Waals surface area contributed by atoms with Gasteiger partial charge in [-0.1, -0.05) is 18.2 Å². The third-order valence-corrected chi connectivity index (χ3v) is 4.51. The average molecular weight is 354 g/mol. The van der Waals surface area contributed by atoms with Crippen LogP contribution in [0.1, 0.15) is 15.9 Å². The van der Waals surface area contributed by atoms with Crippen LogP contribution in [0.15, 0.2) is 42.5 Å². The van der Waals surface area contributed by atoms with Crippen LogP contribution in [0.3, 0.4) is 0 Å². The van der Waals surface area contributed by atoms with Crippen LogP contribution in [-0.2, 0) is 16.6 Å². The van der Waals surface area contributed by atoms with Crippen molar-refractivity contribution in [1.82, 2.24) is 0 Å². The van der Waals surface area contributed by atoms with Crippen molar-refractivity contribution in [3.05, 3.63) is 65.2 Å². The molecule has 2 N–H and O–H groups in total. The Hall–Kier alpha value is -2.32. The molecule has 2 aromatic rings. The van der Waals surface area contributed by atoms with E-state index >= 15 is 0 Å². The van der Waals surface area contributed by atoms with Gasteiger partial charge in [-0.2, -0.15) is 0 Å². The smallest absolute Gasteiger partial charge is 0.232 e. The third kappa shape index (κ3) is 4.15. The van der Waals surface area contributed by atoms with Crippen molar-refractivity contribution in [3.63, 3.8) is 0 Å². The lowest BCUT2D eigenvalue weighted by atomic mass is 10.1. The fourth-order valence-electron chi connectivity index (χ4n) is 2.15. The SMILES string of the molecule is CS(=O)(=O)N(Cc1ccc(C(=O)CN)cc1F)c1cccc(F)c1. The van der Waals surface area contributed by atoms with Crippen LogP contribution in [-0.4, -0.2) is 27.0 Å². The molecule has 0 heterocycles. The van der Waals surface area contributed by atoms with Gasteiger partial charge in [0.2, 0.25) is 10.0 Å². The van der Waals surface area contributed by atoms with Crippen LogP contribution in [0, 0.1) is 11.6 Å². The van der Waals surface area contributed by atoms with Gasteiger partial charge in [0.1, 0.15) is 11.6 Å². The molecule has 0 radical (unpaired) electrons. The van der Waals surface area contributed by atoms with Gasteiger partial charge in [-0.05, 0) is 24.3 Å². The molecule has 0 atom stereocenters. The van der Waals surface area contributed by atoms with E-state index < -0.39 is 27.4 Å². The maximum absolute atomic E-state index is 14.2. The zero-order valence-electron chi connectivity index (χ0n) is 12.9. The van der Waals surface area contributed by atoms with E-state index in [1.807, 2.05) is 0 Å². The summed E-state index contributed by atoms with van der Waals surface area (Å²) >= 11 is 0. The largest absolute Gasteiger partial charge is 0.324 e. The lowest BCUT2D eigenvalue weighted by Gasteiger charge is -2.23. The molecule has 0 aliphatic heterocycles. The van der Waals surface area contributed by atoms with Gasteiger partial charge in [-0.25, -0.2) is 17.2 Å². The number of benzene rings is 2. The van der Waals surface area contributed by atoms with Crippen molar-refractivity contribution in [2.24, 2.45) is 5.73 Å². The first-order valence-electron chi connectivity index (χ1n) is 6.97. The van der Waals surface area contributed by atoms with Crippen molar-refractivity contribution < 1.29 is 22.0 Å². The molecular weight excluding hydrogens is 338 g/mol. The van der Waals surface area contributed by atoms with Crippen LogP contribution < -0.4 is 10.0 Å². The Bertz CT molecular complexity index is 869. The number of nitrogens with zero attached hydrogens (tertiary/aromatic N) is 1. The molecule has 0 saturated carbocycles. The second-order valence-corrected chi connectivity index (χ2v) is 7.09. The first-order chi connectivity index (χ1) is 11.2. The predicted molar refractivity (Wildman–Crippen MR) is 87.2 cm³/mol. The molecule has 0 bridgehead atoms. The molecule has 0 unspecified atom stereocenters. The molecule has 0 amide bonds. The van der Waals surface area contributed by atoms with Gasteiger partial charge in [0, 0.05) is 11.1 Å². The minimum Gasteiger partial charge on any atom is -0.324 e. The molecule has 2 aromatic carbocycles. The Morgan fingerprint density at radius 2 is 1.88 bits per heavy atom. The monoisotopic (exact) mass is 354 g/mol. The Balaban J connectivity index is 2.39. The van der Waals surface area contributed by atoms with Gasteiger partial charge in [0.25, 0.3) is 0 Å². The van der Waals surface area contributed by atoms with Crippen molar-refractivity contribution >= 4 is 21.5 Å². The number of hydrogen-bond donors (Lipinski definition) is 1. The summed E-state index contributed by atoms with van der Waals surface area (Å²) in [5.41, 5.74) is 5.47. The third-order valence-electron chi connectivity index (χ3n) is 3.37. The van der Waals surface area contributed by atoms with E-state index in [9.17, 15) is 22.0 Å². The fraction of sp³-hybridized carbons (Fsp3) is 0.188. The number of ketones is 1. The predicted octanol–water partition coefficient (Wildman–Crippen LogP) is 2.07. The summed E-state index contributed by atoms with van der Waals surface area (Å²) in [6.45, 7) is -0.581. The van der Waals surface area contributed by atoms with E-state index in [0.717, 1.165) is 22.7 Å². The molecule has 0 aliphatic rings. The van der Waals surface area contributed by atoms with Crippen LogP contribution in [0.25, 0.3) is 0 Å². The van der Waals surface area contributed by atoms with Gasteiger partial charge in [-0.15, -0.1) is 0 Å². The summed E-state index contributed by atoms with van der Waals surface area (Å²) in [7, 11) is -3.77. The zero-order chi connectivity index (χ0) is 17.9. The second-order valence-electron chi connectivity index (χ2n) is 5.18. The Labute approximate surface area is 138 Å². The van der Waals surface area contributed by atoms with E-state index in [0.29, 0.717) is 0 Å². The molecule has 0 fully saturated rings. The Morgan fingerprint density at radius 1 is 1.17 bits per heavy atom. The lowest BCUT2D eigenvalue weighted by Crippen LogP contribution is -2.29. The number of rotatable bonds is 6. The summed E-state index contributed by atoms with van der Waals surface area (Å²) in [5, 5.41) is 0.